The Morgan fingerprint density at radius 2 is 1.60 bits per heavy atom. The maximum Gasteiger partial charge on any atom is 0.187 e. The molecule has 1 aromatic carbocycles. The van der Waals surface area contributed by atoms with Crippen molar-refractivity contribution in [2.24, 2.45) is 0 Å². The lowest BCUT2D eigenvalue weighted by Gasteiger charge is -1.97. The predicted molar refractivity (Wildman–Crippen MR) is 36.2 cm³/mol. The van der Waals surface area contributed by atoms with E-state index in [1.54, 1.807) is 7.85 Å². The first-order valence-electron chi connectivity index (χ1n) is 2.76. The lowest BCUT2D eigenvalue weighted by Crippen LogP contribution is -2.03. The molecule has 0 amide bonds. The summed E-state index contributed by atoms with van der Waals surface area (Å²) >= 11 is 0. The summed E-state index contributed by atoms with van der Waals surface area (Å²) in [6, 6.07) is 2.14. The van der Waals surface area contributed by atoms with Gasteiger partial charge in [0.15, 0.2) is 17.4 Å². The zero-order valence-electron chi connectivity index (χ0n) is 5.36. The Labute approximate surface area is 57.7 Å². The molecule has 0 aliphatic heterocycles. The van der Waals surface area contributed by atoms with Gasteiger partial charge in [-0.1, -0.05) is 5.46 Å². The molecule has 0 saturated carbocycles. The normalized spacial score (nSPS) is 9.80. The van der Waals surface area contributed by atoms with Crippen LogP contribution in [-0.2, 0) is 0 Å². The van der Waals surface area contributed by atoms with Gasteiger partial charge in [0.25, 0.3) is 0 Å². The second kappa shape index (κ2) is 2.29. The van der Waals surface area contributed by atoms with Crippen LogP contribution in [0, 0.1) is 11.6 Å². The maximum absolute atomic E-state index is 12.4. The molecule has 1 nitrogen and oxygen atoms in total. The van der Waals surface area contributed by atoms with Gasteiger partial charge in [-0.2, -0.15) is 0 Å². The molecular weight excluding hydrogens is 137 g/mol. The smallest absolute Gasteiger partial charge is 0.187 e. The van der Waals surface area contributed by atoms with Crippen LogP contribution >= 0.6 is 0 Å². The summed E-state index contributed by atoms with van der Waals surface area (Å²) in [6.45, 7) is 0. The lowest BCUT2D eigenvalue weighted by molar-refractivity contribution is 0.397. The summed E-state index contributed by atoms with van der Waals surface area (Å²) in [4.78, 5) is 0. The minimum Gasteiger partial charge on any atom is -0.503 e. The lowest BCUT2D eigenvalue weighted by atomic mass is 9.96. The second-order valence-corrected chi connectivity index (χ2v) is 2.08. The van der Waals surface area contributed by atoms with Crippen LogP contribution in [0.2, 0.25) is 0 Å². The Bertz CT molecular complexity index is 239. The maximum atomic E-state index is 12.4. The fourth-order valence-corrected chi connectivity index (χ4v) is 0.692. The van der Waals surface area contributed by atoms with Crippen molar-refractivity contribution in [1.29, 1.82) is 0 Å². The van der Waals surface area contributed by atoms with Gasteiger partial charge in [-0.05, 0) is 12.1 Å². The topological polar surface area (TPSA) is 20.2 Å². The number of phenols is 1. The van der Waals surface area contributed by atoms with Crippen LogP contribution in [0.4, 0.5) is 8.78 Å². The molecular formula is C6H5BF2O. The first-order valence-corrected chi connectivity index (χ1v) is 2.76. The van der Waals surface area contributed by atoms with Crippen molar-refractivity contribution in [2.75, 3.05) is 0 Å². The summed E-state index contributed by atoms with van der Waals surface area (Å²) in [5.74, 6) is -2.75. The van der Waals surface area contributed by atoms with Crippen LogP contribution in [0.1, 0.15) is 0 Å². The molecule has 0 bridgehead atoms. The Kier molecular flexibility index (Phi) is 1.61. The van der Waals surface area contributed by atoms with Crippen LogP contribution in [0.15, 0.2) is 12.1 Å². The zero-order chi connectivity index (χ0) is 7.72. The molecule has 1 aromatic rings. The molecule has 10 heavy (non-hydrogen) atoms. The van der Waals surface area contributed by atoms with Crippen molar-refractivity contribution in [3.05, 3.63) is 23.8 Å². The number of hydrogen-bond acceptors (Lipinski definition) is 1. The summed E-state index contributed by atoms with van der Waals surface area (Å²) < 4.78 is 24.7. The van der Waals surface area contributed by atoms with E-state index in [0.29, 0.717) is 5.46 Å². The van der Waals surface area contributed by atoms with Crippen molar-refractivity contribution in [3.8, 4) is 5.75 Å². The molecule has 0 fully saturated rings. The van der Waals surface area contributed by atoms with Crippen LogP contribution in [0.25, 0.3) is 0 Å². The monoisotopic (exact) mass is 142 g/mol. The molecule has 1 N–H and O–H groups in total. The van der Waals surface area contributed by atoms with Gasteiger partial charge in [-0.25, -0.2) is 8.78 Å². The second-order valence-electron chi connectivity index (χ2n) is 2.08. The third kappa shape index (κ3) is 1.10. The van der Waals surface area contributed by atoms with E-state index in [2.05, 4.69) is 0 Å². The summed E-state index contributed by atoms with van der Waals surface area (Å²) in [5.41, 5.74) is 0.452. The SMILES string of the molecule is Bc1cc(F)c(O)c(F)c1. The van der Waals surface area contributed by atoms with Gasteiger partial charge in [-0.3, -0.25) is 0 Å². The first-order chi connectivity index (χ1) is 4.61. The largest absolute Gasteiger partial charge is 0.503 e. The Morgan fingerprint density at radius 3 is 2.00 bits per heavy atom. The molecule has 1 rings (SSSR count). The fraction of sp³-hybridized carbons (Fsp3) is 0. The minimum atomic E-state index is -0.919. The quantitative estimate of drug-likeness (QED) is 0.502. The summed E-state index contributed by atoms with van der Waals surface area (Å²) in [5, 5.41) is 8.58. The van der Waals surface area contributed by atoms with Gasteiger partial charge >= 0.3 is 0 Å². The van der Waals surface area contributed by atoms with Gasteiger partial charge in [-0.15, -0.1) is 0 Å². The van der Waals surface area contributed by atoms with Crippen molar-refractivity contribution in [3.63, 3.8) is 0 Å². The van der Waals surface area contributed by atoms with E-state index in [0.717, 1.165) is 12.1 Å². The summed E-state index contributed by atoms with van der Waals surface area (Å²) in [7, 11) is 1.55. The Balaban J connectivity index is 3.31. The number of aromatic hydroxyl groups is 1. The number of phenolic OH excluding ortho intramolecular Hbond substituents is 1. The van der Waals surface area contributed by atoms with Crippen LogP contribution in [-0.4, -0.2) is 13.0 Å². The van der Waals surface area contributed by atoms with Crippen molar-refractivity contribution < 1.29 is 13.9 Å². The molecule has 0 saturated heterocycles. The summed E-state index contributed by atoms with van der Waals surface area (Å²) in [6.07, 6.45) is 0. The van der Waals surface area contributed by atoms with E-state index in [9.17, 15) is 8.78 Å². The predicted octanol–water partition coefficient (Wildman–Crippen LogP) is -0.0712. The highest BCUT2D eigenvalue weighted by molar-refractivity contribution is 6.32. The molecule has 0 aromatic heterocycles. The van der Waals surface area contributed by atoms with E-state index in [-0.39, 0.29) is 0 Å². The molecule has 0 aliphatic rings. The number of hydrogen-bond donors (Lipinski definition) is 1. The standard InChI is InChI=1S/C6H5BF2O/c7-3-1-4(8)6(10)5(9)2-3/h1-2,10H,7H2. The van der Waals surface area contributed by atoms with Gasteiger partial charge in [0.2, 0.25) is 0 Å². The third-order valence-electron chi connectivity index (χ3n) is 1.16. The average molecular weight is 142 g/mol. The van der Waals surface area contributed by atoms with Crippen molar-refractivity contribution in [2.45, 2.75) is 0 Å². The molecule has 0 heterocycles. The zero-order valence-corrected chi connectivity index (χ0v) is 5.36. The van der Waals surface area contributed by atoms with E-state index < -0.39 is 17.4 Å². The molecule has 0 aliphatic carbocycles. The molecule has 4 heteroatoms. The van der Waals surface area contributed by atoms with Gasteiger partial charge in [0, 0.05) is 0 Å². The Hall–Kier alpha value is -1.06. The number of rotatable bonds is 0. The van der Waals surface area contributed by atoms with Gasteiger partial charge in [0.05, 0.1) is 0 Å². The number of benzene rings is 1. The van der Waals surface area contributed by atoms with E-state index >= 15 is 0 Å². The highest BCUT2D eigenvalue weighted by Crippen LogP contribution is 2.16. The van der Waals surface area contributed by atoms with E-state index in [1.165, 1.54) is 0 Å². The van der Waals surface area contributed by atoms with Crippen molar-refractivity contribution >= 4 is 13.3 Å². The van der Waals surface area contributed by atoms with Gasteiger partial charge < -0.3 is 5.11 Å². The fourth-order valence-electron chi connectivity index (χ4n) is 0.692. The highest BCUT2D eigenvalue weighted by Gasteiger charge is 2.06. The van der Waals surface area contributed by atoms with E-state index in [1.807, 2.05) is 0 Å². The van der Waals surface area contributed by atoms with E-state index in [4.69, 9.17) is 5.11 Å². The van der Waals surface area contributed by atoms with Crippen LogP contribution < -0.4 is 5.46 Å². The van der Waals surface area contributed by atoms with Gasteiger partial charge in [0.1, 0.15) is 7.85 Å². The Morgan fingerprint density at radius 1 is 1.20 bits per heavy atom. The molecule has 52 valence electrons. The van der Waals surface area contributed by atoms with Crippen molar-refractivity contribution in [1.82, 2.24) is 0 Å². The first kappa shape index (κ1) is 7.06. The minimum absolute atomic E-state index is 0.452. The van der Waals surface area contributed by atoms with Crippen LogP contribution in [0.3, 0.4) is 0 Å². The molecule has 0 spiro atoms. The molecule has 0 atom stereocenters. The average Bonchev–Trinajstić information content (AvgIpc) is 1.82. The van der Waals surface area contributed by atoms with Crippen LogP contribution in [0.5, 0.6) is 5.75 Å². The number of halogens is 2. The molecule has 0 radical (unpaired) electrons. The highest BCUT2D eigenvalue weighted by atomic mass is 19.1. The molecule has 0 unspecified atom stereocenters. The third-order valence-corrected chi connectivity index (χ3v) is 1.16.